The first-order valence-electron chi connectivity index (χ1n) is 7.67. The van der Waals surface area contributed by atoms with Crippen LogP contribution in [0.2, 0.25) is 0 Å². The second-order valence-corrected chi connectivity index (χ2v) is 7.35. The topological polar surface area (TPSA) is 92.3 Å². The van der Waals surface area contributed by atoms with Crippen LogP contribution in [0.1, 0.15) is 23.7 Å². The summed E-state index contributed by atoms with van der Waals surface area (Å²) in [4.78, 5) is 22.5. The maximum Gasteiger partial charge on any atom is 0.501 e. The van der Waals surface area contributed by atoms with Gasteiger partial charge < -0.3 is 10.6 Å². The van der Waals surface area contributed by atoms with Crippen molar-refractivity contribution in [1.82, 2.24) is 0 Å². The summed E-state index contributed by atoms with van der Waals surface area (Å²) in [6, 6.07) is 9.64. The van der Waals surface area contributed by atoms with Gasteiger partial charge >= 0.3 is 5.51 Å². The summed E-state index contributed by atoms with van der Waals surface area (Å²) in [7, 11) is -5.46. The molecule has 144 valence electrons. The SMILES string of the molecule is CCC(=O)Nc1ccc(NC(=O)c2ccc(S(=O)(=O)C(F)(F)F)cc2)cc1. The zero-order valence-electron chi connectivity index (χ0n) is 14.0. The number of carbonyl (C=O) groups excluding carboxylic acids is 2. The summed E-state index contributed by atoms with van der Waals surface area (Å²) in [5.41, 5.74) is -4.49. The zero-order valence-corrected chi connectivity index (χ0v) is 14.8. The molecule has 0 aromatic heterocycles. The van der Waals surface area contributed by atoms with Gasteiger partial charge in [-0.3, -0.25) is 9.59 Å². The van der Waals surface area contributed by atoms with Crippen LogP contribution in [-0.2, 0) is 14.6 Å². The smallest absolute Gasteiger partial charge is 0.326 e. The molecule has 0 aliphatic rings. The normalized spacial score (nSPS) is 11.7. The fourth-order valence-electron chi connectivity index (χ4n) is 2.01. The van der Waals surface area contributed by atoms with Gasteiger partial charge in [0.1, 0.15) is 0 Å². The highest BCUT2D eigenvalue weighted by atomic mass is 32.2. The van der Waals surface area contributed by atoms with Gasteiger partial charge in [0.25, 0.3) is 15.7 Å². The monoisotopic (exact) mass is 400 g/mol. The van der Waals surface area contributed by atoms with E-state index in [0.29, 0.717) is 17.8 Å². The van der Waals surface area contributed by atoms with E-state index in [1.54, 1.807) is 19.1 Å². The summed E-state index contributed by atoms with van der Waals surface area (Å²) in [6.07, 6.45) is 0.318. The third-order valence-electron chi connectivity index (χ3n) is 3.48. The van der Waals surface area contributed by atoms with E-state index in [9.17, 15) is 31.2 Å². The van der Waals surface area contributed by atoms with Crippen molar-refractivity contribution >= 4 is 33.0 Å². The number of anilines is 2. The molecule has 2 N–H and O–H groups in total. The molecule has 6 nitrogen and oxygen atoms in total. The molecule has 2 aromatic carbocycles. The van der Waals surface area contributed by atoms with Gasteiger partial charge in [-0.15, -0.1) is 0 Å². The first-order chi connectivity index (χ1) is 12.5. The standard InChI is InChI=1S/C17H15F3N2O4S/c1-2-15(23)21-12-5-7-13(8-6-12)22-16(24)11-3-9-14(10-4-11)27(25,26)17(18,19)20/h3-10H,2H2,1H3,(H,21,23)(H,22,24). The number of amides is 2. The van der Waals surface area contributed by atoms with E-state index in [1.807, 2.05) is 0 Å². The van der Waals surface area contributed by atoms with Crippen LogP contribution in [0.15, 0.2) is 53.4 Å². The van der Waals surface area contributed by atoms with E-state index in [1.165, 1.54) is 12.1 Å². The minimum atomic E-state index is -5.46. The molecule has 0 unspecified atom stereocenters. The molecule has 27 heavy (non-hydrogen) atoms. The predicted molar refractivity (Wildman–Crippen MR) is 93.0 cm³/mol. The van der Waals surface area contributed by atoms with E-state index >= 15 is 0 Å². The summed E-state index contributed by atoms with van der Waals surface area (Å²) >= 11 is 0. The van der Waals surface area contributed by atoms with Crippen LogP contribution in [0.3, 0.4) is 0 Å². The number of carbonyl (C=O) groups is 2. The third-order valence-corrected chi connectivity index (χ3v) is 4.98. The van der Waals surface area contributed by atoms with Gasteiger partial charge in [0.2, 0.25) is 5.91 Å². The molecule has 0 aliphatic heterocycles. The van der Waals surface area contributed by atoms with Gasteiger partial charge in [0.05, 0.1) is 4.90 Å². The van der Waals surface area contributed by atoms with Gasteiger partial charge in [-0.2, -0.15) is 13.2 Å². The lowest BCUT2D eigenvalue weighted by Gasteiger charge is -2.09. The van der Waals surface area contributed by atoms with Gasteiger partial charge in [0.15, 0.2) is 0 Å². The fraction of sp³-hybridized carbons (Fsp3) is 0.176. The Balaban J connectivity index is 2.09. The predicted octanol–water partition coefficient (Wildman–Crippen LogP) is 3.58. The van der Waals surface area contributed by atoms with Crippen molar-refractivity contribution in [2.24, 2.45) is 0 Å². The highest BCUT2D eigenvalue weighted by Gasteiger charge is 2.46. The fourth-order valence-corrected chi connectivity index (χ4v) is 2.77. The highest BCUT2D eigenvalue weighted by Crippen LogP contribution is 2.30. The Kier molecular flexibility index (Phi) is 5.89. The Morgan fingerprint density at radius 3 is 1.81 bits per heavy atom. The Hall–Kier alpha value is -2.88. The average molecular weight is 400 g/mol. The van der Waals surface area contributed by atoms with E-state index < -0.39 is 26.1 Å². The van der Waals surface area contributed by atoms with Crippen LogP contribution < -0.4 is 10.6 Å². The van der Waals surface area contributed by atoms with Gasteiger partial charge in [0, 0.05) is 23.4 Å². The molecule has 0 bridgehead atoms. The molecule has 0 aliphatic carbocycles. The number of halogens is 3. The van der Waals surface area contributed by atoms with Gasteiger partial charge in [-0.25, -0.2) is 8.42 Å². The van der Waals surface area contributed by atoms with Crippen molar-refractivity contribution in [1.29, 1.82) is 0 Å². The number of hydrogen-bond donors (Lipinski definition) is 2. The van der Waals surface area contributed by atoms with Crippen LogP contribution in [0, 0.1) is 0 Å². The Morgan fingerprint density at radius 1 is 0.889 bits per heavy atom. The second kappa shape index (κ2) is 7.78. The summed E-state index contributed by atoms with van der Waals surface area (Å²) < 4.78 is 60.1. The molecular weight excluding hydrogens is 385 g/mol. The van der Waals surface area contributed by atoms with Crippen LogP contribution in [0.4, 0.5) is 24.5 Å². The zero-order chi connectivity index (χ0) is 20.2. The molecule has 0 spiro atoms. The van der Waals surface area contributed by atoms with Crippen molar-refractivity contribution in [3.8, 4) is 0 Å². The largest absolute Gasteiger partial charge is 0.501 e. The first-order valence-corrected chi connectivity index (χ1v) is 9.15. The Bertz CT molecular complexity index is 938. The average Bonchev–Trinajstić information content (AvgIpc) is 2.62. The molecule has 0 radical (unpaired) electrons. The number of hydrogen-bond acceptors (Lipinski definition) is 4. The molecule has 2 amide bonds. The lowest BCUT2D eigenvalue weighted by atomic mass is 10.2. The minimum absolute atomic E-state index is 0.0144. The number of benzene rings is 2. The van der Waals surface area contributed by atoms with E-state index in [4.69, 9.17) is 0 Å². The van der Waals surface area contributed by atoms with Crippen LogP contribution in [-0.4, -0.2) is 25.7 Å². The van der Waals surface area contributed by atoms with E-state index in [2.05, 4.69) is 10.6 Å². The van der Waals surface area contributed by atoms with Crippen molar-refractivity contribution in [3.63, 3.8) is 0 Å². The lowest BCUT2D eigenvalue weighted by molar-refractivity contribution is -0.115. The third kappa shape index (κ3) is 4.85. The van der Waals surface area contributed by atoms with Gasteiger partial charge in [-0.05, 0) is 48.5 Å². The molecule has 0 atom stereocenters. The minimum Gasteiger partial charge on any atom is -0.326 e. The van der Waals surface area contributed by atoms with Crippen LogP contribution >= 0.6 is 0 Å². The second-order valence-electron chi connectivity index (χ2n) is 5.41. The van der Waals surface area contributed by atoms with Gasteiger partial charge in [-0.1, -0.05) is 6.92 Å². The van der Waals surface area contributed by atoms with Crippen LogP contribution in [0.5, 0.6) is 0 Å². The molecule has 0 saturated heterocycles. The Morgan fingerprint density at radius 2 is 1.37 bits per heavy atom. The quantitative estimate of drug-likeness (QED) is 0.802. The number of sulfone groups is 1. The molecule has 10 heteroatoms. The Labute approximate surface area is 153 Å². The maximum absolute atomic E-state index is 12.5. The van der Waals surface area contributed by atoms with E-state index in [0.717, 1.165) is 24.3 Å². The van der Waals surface area contributed by atoms with E-state index in [-0.39, 0.29) is 11.5 Å². The molecule has 0 fully saturated rings. The maximum atomic E-state index is 12.5. The van der Waals surface area contributed by atoms with Crippen molar-refractivity contribution in [3.05, 3.63) is 54.1 Å². The lowest BCUT2D eigenvalue weighted by Crippen LogP contribution is -2.23. The van der Waals surface area contributed by atoms with Crippen molar-refractivity contribution in [2.75, 3.05) is 10.6 Å². The number of rotatable bonds is 5. The summed E-state index contributed by atoms with van der Waals surface area (Å²) in [5, 5.41) is 5.15. The van der Waals surface area contributed by atoms with Crippen molar-refractivity contribution < 1.29 is 31.2 Å². The molecule has 0 saturated carbocycles. The summed E-state index contributed by atoms with van der Waals surface area (Å²) in [6.45, 7) is 1.70. The molecule has 2 rings (SSSR count). The highest BCUT2D eigenvalue weighted by molar-refractivity contribution is 7.92. The summed E-state index contributed by atoms with van der Waals surface area (Å²) in [5.74, 6) is -0.794. The molecule has 2 aromatic rings. The van der Waals surface area contributed by atoms with Crippen molar-refractivity contribution in [2.45, 2.75) is 23.7 Å². The van der Waals surface area contributed by atoms with Crippen LogP contribution in [0.25, 0.3) is 0 Å². The molecule has 0 heterocycles. The first kappa shape index (κ1) is 20.4. The number of nitrogens with one attached hydrogen (secondary N) is 2. The number of alkyl halides is 3. The molecular formula is C17H15F3N2O4S.